The third-order valence-electron chi connectivity index (χ3n) is 3.72. The van der Waals surface area contributed by atoms with Gasteiger partial charge < -0.3 is 15.5 Å². The van der Waals surface area contributed by atoms with Crippen molar-refractivity contribution in [3.8, 4) is 0 Å². The van der Waals surface area contributed by atoms with Gasteiger partial charge in [-0.2, -0.15) is 0 Å². The highest BCUT2D eigenvalue weighted by Crippen LogP contribution is 2.30. The molecule has 0 unspecified atom stereocenters. The monoisotopic (exact) mass is 317 g/mol. The van der Waals surface area contributed by atoms with Crippen LogP contribution in [0.15, 0.2) is 24.3 Å². The first-order chi connectivity index (χ1) is 11.0. The van der Waals surface area contributed by atoms with E-state index in [0.29, 0.717) is 24.3 Å². The van der Waals surface area contributed by atoms with Crippen LogP contribution >= 0.6 is 0 Å². The van der Waals surface area contributed by atoms with E-state index in [1.807, 2.05) is 13.8 Å². The van der Waals surface area contributed by atoms with Gasteiger partial charge in [0.2, 0.25) is 11.8 Å². The molecule has 0 atom stereocenters. The number of hydrogen-bond donors (Lipinski definition) is 2. The van der Waals surface area contributed by atoms with Gasteiger partial charge in [-0.1, -0.05) is 0 Å². The lowest BCUT2D eigenvalue weighted by atomic mass is 10.1. The fourth-order valence-corrected chi connectivity index (χ4v) is 2.22. The predicted molar refractivity (Wildman–Crippen MR) is 88.1 cm³/mol. The molecule has 6 heteroatoms. The number of rotatable bonds is 7. The molecule has 0 aromatic heterocycles. The number of nitrogens with one attached hydrogen (secondary N) is 2. The molecule has 0 aliphatic heterocycles. The molecule has 6 nitrogen and oxygen atoms in total. The van der Waals surface area contributed by atoms with Gasteiger partial charge in [0.1, 0.15) is 0 Å². The quantitative estimate of drug-likeness (QED) is 0.802. The van der Waals surface area contributed by atoms with E-state index < -0.39 is 0 Å². The Morgan fingerprint density at radius 2 is 1.78 bits per heavy atom. The number of anilines is 1. The zero-order chi connectivity index (χ0) is 16.8. The maximum Gasteiger partial charge on any atom is 0.254 e. The Morgan fingerprint density at radius 1 is 1.13 bits per heavy atom. The molecule has 1 saturated carbocycles. The first-order valence-corrected chi connectivity index (χ1v) is 8.02. The van der Waals surface area contributed by atoms with E-state index in [2.05, 4.69) is 10.6 Å². The normalized spacial score (nSPS) is 13.3. The summed E-state index contributed by atoms with van der Waals surface area (Å²) >= 11 is 0. The Bertz CT molecular complexity index is 579. The largest absolute Gasteiger partial charge is 0.355 e. The fraction of sp³-hybridized carbons (Fsp3) is 0.471. The van der Waals surface area contributed by atoms with Gasteiger partial charge in [0.25, 0.3) is 5.91 Å². The Kier molecular flexibility index (Phi) is 5.73. The fourth-order valence-electron chi connectivity index (χ4n) is 2.22. The first kappa shape index (κ1) is 17.0. The minimum atomic E-state index is -0.196. The second-order valence-electron chi connectivity index (χ2n) is 5.61. The van der Waals surface area contributed by atoms with Gasteiger partial charge in [0.15, 0.2) is 0 Å². The van der Waals surface area contributed by atoms with Crippen molar-refractivity contribution >= 4 is 23.4 Å². The number of likely N-dealkylation sites (N-methyl/N-ethyl adjacent to an activating group) is 2. The summed E-state index contributed by atoms with van der Waals surface area (Å²) in [4.78, 5) is 37.3. The average molecular weight is 317 g/mol. The lowest BCUT2D eigenvalue weighted by molar-refractivity contribution is -0.121. The van der Waals surface area contributed by atoms with E-state index in [0.717, 1.165) is 12.8 Å². The summed E-state index contributed by atoms with van der Waals surface area (Å²) in [7, 11) is 0. The van der Waals surface area contributed by atoms with Crippen molar-refractivity contribution in [1.82, 2.24) is 10.2 Å². The Hall–Kier alpha value is -2.37. The SMILES string of the molecule is CCNC(=O)CN(CC)C(=O)c1ccc(NC(=O)C2CC2)cc1. The zero-order valence-electron chi connectivity index (χ0n) is 13.6. The Labute approximate surface area is 136 Å². The van der Waals surface area contributed by atoms with Crippen LogP contribution in [-0.4, -0.2) is 42.3 Å². The van der Waals surface area contributed by atoms with Gasteiger partial charge >= 0.3 is 0 Å². The number of carbonyl (C=O) groups is 3. The minimum Gasteiger partial charge on any atom is -0.355 e. The van der Waals surface area contributed by atoms with Crippen LogP contribution < -0.4 is 10.6 Å². The van der Waals surface area contributed by atoms with E-state index in [4.69, 9.17) is 0 Å². The number of nitrogens with zero attached hydrogens (tertiary/aromatic N) is 1. The first-order valence-electron chi connectivity index (χ1n) is 8.02. The second kappa shape index (κ2) is 7.76. The summed E-state index contributed by atoms with van der Waals surface area (Å²) in [6.07, 6.45) is 1.90. The standard InChI is InChI=1S/C17H23N3O3/c1-3-18-15(21)11-20(4-2)17(23)13-7-9-14(10-8-13)19-16(22)12-5-6-12/h7-10,12H,3-6,11H2,1-2H3,(H,18,21)(H,19,22). The molecule has 23 heavy (non-hydrogen) atoms. The van der Waals surface area contributed by atoms with E-state index in [9.17, 15) is 14.4 Å². The highest BCUT2D eigenvalue weighted by Gasteiger charge is 2.29. The molecule has 2 N–H and O–H groups in total. The summed E-state index contributed by atoms with van der Waals surface area (Å²) < 4.78 is 0. The van der Waals surface area contributed by atoms with Gasteiger partial charge in [-0.3, -0.25) is 14.4 Å². The summed E-state index contributed by atoms with van der Waals surface area (Å²) in [5.74, 6) is -0.186. The van der Waals surface area contributed by atoms with Crippen LogP contribution in [0.5, 0.6) is 0 Å². The van der Waals surface area contributed by atoms with E-state index in [-0.39, 0.29) is 30.2 Å². The molecule has 124 valence electrons. The van der Waals surface area contributed by atoms with Crippen LogP contribution in [0.25, 0.3) is 0 Å². The zero-order valence-corrected chi connectivity index (χ0v) is 13.6. The highest BCUT2D eigenvalue weighted by molar-refractivity contribution is 5.98. The van der Waals surface area contributed by atoms with Crippen molar-refractivity contribution < 1.29 is 14.4 Å². The molecule has 0 heterocycles. The lowest BCUT2D eigenvalue weighted by Gasteiger charge is -2.20. The van der Waals surface area contributed by atoms with Crippen LogP contribution in [0, 0.1) is 5.92 Å². The predicted octanol–water partition coefficient (Wildman–Crippen LogP) is 1.63. The van der Waals surface area contributed by atoms with E-state index in [1.165, 1.54) is 4.90 Å². The van der Waals surface area contributed by atoms with Crippen LogP contribution in [0.4, 0.5) is 5.69 Å². The molecule has 1 fully saturated rings. The summed E-state index contributed by atoms with van der Waals surface area (Å²) in [5.41, 5.74) is 1.19. The summed E-state index contributed by atoms with van der Waals surface area (Å²) in [6.45, 7) is 4.71. The smallest absolute Gasteiger partial charge is 0.254 e. The van der Waals surface area contributed by atoms with E-state index in [1.54, 1.807) is 24.3 Å². The topological polar surface area (TPSA) is 78.5 Å². The van der Waals surface area contributed by atoms with Gasteiger partial charge in [0, 0.05) is 30.3 Å². The molecule has 1 aromatic carbocycles. The number of amides is 3. The van der Waals surface area contributed by atoms with Gasteiger partial charge in [-0.15, -0.1) is 0 Å². The summed E-state index contributed by atoms with van der Waals surface area (Å²) in [6, 6.07) is 6.78. The maximum absolute atomic E-state index is 12.4. The molecule has 0 spiro atoms. The molecule has 2 rings (SSSR count). The van der Waals surface area contributed by atoms with Gasteiger partial charge in [-0.05, 0) is 51.0 Å². The van der Waals surface area contributed by atoms with Crippen molar-refractivity contribution in [2.75, 3.05) is 25.0 Å². The molecule has 1 aliphatic rings. The van der Waals surface area contributed by atoms with Gasteiger partial charge in [0.05, 0.1) is 6.54 Å². The minimum absolute atomic E-state index is 0.0375. The molecule has 0 radical (unpaired) electrons. The van der Waals surface area contributed by atoms with Crippen molar-refractivity contribution in [3.05, 3.63) is 29.8 Å². The average Bonchev–Trinajstić information content (AvgIpc) is 3.38. The highest BCUT2D eigenvalue weighted by atomic mass is 16.2. The molecule has 1 aliphatic carbocycles. The number of carbonyl (C=O) groups excluding carboxylic acids is 3. The second-order valence-corrected chi connectivity index (χ2v) is 5.61. The van der Waals surface area contributed by atoms with E-state index >= 15 is 0 Å². The van der Waals surface area contributed by atoms with Gasteiger partial charge in [-0.25, -0.2) is 0 Å². The number of hydrogen-bond acceptors (Lipinski definition) is 3. The lowest BCUT2D eigenvalue weighted by Crippen LogP contribution is -2.40. The number of benzene rings is 1. The van der Waals surface area contributed by atoms with Crippen molar-refractivity contribution in [3.63, 3.8) is 0 Å². The Morgan fingerprint density at radius 3 is 2.30 bits per heavy atom. The Balaban J connectivity index is 1.97. The van der Waals surface area contributed by atoms with Crippen molar-refractivity contribution in [2.24, 2.45) is 5.92 Å². The van der Waals surface area contributed by atoms with Crippen LogP contribution in [0.3, 0.4) is 0 Å². The third kappa shape index (κ3) is 4.81. The van der Waals surface area contributed by atoms with Crippen LogP contribution in [0.1, 0.15) is 37.0 Å². The maximum atomic E-state index is 12.4. The molecule has 3 amide bonds. The molecule has 1 aromatic rings. The third-order valence-corrected chi connectivity index (χ3v) is 3.72. The molecule has 0 saturated heterocycles. The molecule has 0 bridgehead atoms. The summed E-state index contributed by atoms with van der Waals surface area (Å²) in [5, 5.41) is 5.52. The molecular formula is C17H23N3O3. The van der Waals surface area contributed by atoms with Crippen LogP contribution in [-0.2, 0) is 9.59 Å². The molecular weight excluding hydrogens is 294 g/mol. The van der Waals surface area contributed by atoms with Crippen molar-refractivity contribution in [2.45, 2.75) is 26.7 Å². The van der Waals surface area contributed by atoms with Crippen LogP contribution in [0.2, 0.25) is 0 Å². The van der Waals surface area contributed by atoms with Crippen molar-refractivity contribution in [1.29, 1.82) is 0 Å².